The summed E-state index contributed by atoms with van der Waals surface area (Å²) in [6.45, 7) is 2.69. The fourth-order valence-corrected chi connectivity index (χ4v) is 2.00. The standard InChI is InChI=1S/C19H21NO3/c1-2-13-22-18-10-6-9-16(14-18)11-12-20-19(21)23-15-17-7-4-3-5-8-17/h2-10,13-14H,11-12,15H2,1H3,(H,20,21). The summed E-state index contributed by atoms with van der Waals surface area (Å²) >= 11 is 0. The normalized spacial score (nSPS) is 10.5. The van der Waals surface area contributed by atoms with Crippen LogP contribution in [0.2, 0.25) is 0 Å². The molecule has 1 amide bonds. The second kappa shape index (κ2) is 9.30. The minimum Gasteiger partial charge on any atom is -0.465 e. The zero-order valence-corrected chi connectivity index (χ0v) is 13.2. The van der Waals surface area contributed by atoms with E-state index >= 15 is 0 Å². The molecule has 2 aromatic carbocycles. The first-order chi connectivity index (χ1) is 11.3. The number of rotatable bonds is 7. The van der Waals surface area contributed by atoms with Gasteiger partial charge in [-0.05, 0) is 36.6 Å². The van der Waals surface area contributed by atoms with E-state index in [9.17, 15) is 4.79 Å². The average Bonchev–Trinajstić information content (AvgIpc) is 2.59. The van der Waals surface area contributed by atoms with Crippen molar-refractivity contribution in [2.24, 2.45) is 0 Å². The topological polar surface area (TPSA) is 47.6 Å². The Hall–Kier alpha value is -2.75. The lowest BCUT2D eigenvalue weighted by Crippen LogP contribution is -2.26. The highest BCUT2D eigenvalue weighted by atomic mass is 16.5. The average molecular weight is 311 g/mol. The van der Waals surface area contributed by atoms with Gasteiger partial charge < -0.3 is 14.8 Å². The van der Waals surface area contributed by atoms with Crippen LogP contribution in [0.3, 0.4) is 0 Å². The maximum absolute atomic E-state index is 11.6. The summed E-state index contributed by atoms with van der Waals surface area (Å²) in [5.41, 5.74) is 2.06. The van der Waals surface area contributed by atoms with E-state index < -0.39 is 6.09 Å². The first-order valence-corrected chi connectivity index (χ1v) is 7.59. The number of amides is 1. The maximum Gasteiger partial charge on any atom is 0.407 e. The van der Waals surface area contributed by atoms with Crippen molar-refractivity contribution in [3.8, 4) is 5.75 Å². The molecule has 2 rings (SSSR count). The summed E-state index contributed by atoms with van der Waals surface area (Å²) in [5, 5.41) is 2.75. The Labute approximate surface area is 136 Å². The number of hydrogen-bond acceptors (Lipinski definition) is 3. The molecular formula is C19H21NO3. The predicted octanol–water partition coefficient (Wildman–Crippen LogP) is 4.07. The fraction of sp³-hybridized carbons (Fsp3) is 0.211. The summed E-state index contributed by atoms with van der Waals surface area (Å²) in [7, 11) is 0. The van der Waals surface area contributed by atoms with Gasteiger partial charge in [-0.1, -0.05) is 48.5 Å². The zero-order chi connectivity index (χ0) is 16.3. The van der Waals surface area contributed by atoms with Crippen LogP contribution in [-0.4, -0.2) is 12.6 Å². The van der Waals surface area contributed by atoms with Crippen LogP contribution in [0.1, 0.15) is 18.1 Å². The molecule has 2 aromatic rings. The summed E-state index contributed by atoms with van der Waals surface area (Å²) in [5.74, 6) is 0.784. The molecular weight excluding hydrogens is 290 g/mol. The zero-order valence-electron chi connectivity index (χ0n) is 13.2. The molecule has 120 valence electrons. The van der Waals surface area contributed by atoms with E-state index in [0.717, 1.165) is 16.9 Å². The Morgan fingerprint density at radius 3 is 2.65 bits per heavy atom. The molecule has 0 fully saturated rings. The molecule has 0 spiro atoms. The Morgan fingerprint density at radius 2 is 1.87 bits per heavy atom. The molecule has 0 aliphatic carbocycles. The number of alkyl carbamates (subject to hydrolysis) is 1. The smallest absolute Gasteiger partial charge is 0.407 e. The van der Waals surface area contributed by atoms with Crippen molar-refractivity contribution in [1.82, 2.24) is 5.32 Å². The largest absolute Gasteiger partial charge is 0.465 e. The van der Waals surface area contributed by atoms with Crippen molar-refractivity contribution in [3.63, 3.8) is 0 Å². The van der Waals surface area contributed by atoms with E-state index in [2.05, 4.69) is 5.32 Å². The third-order valence-electron chi connectivity index (χ3n) is 3.13. The van der Waals surface area contributed by atoms with Gasteiger partial charge in [0, 0.05) is 6.54 Å². The van der Waals surface area contributed by atoms with E-state index in [0.29, 0.717) is 13.0 Å². The number of benzene rings is 2. The second-order valence-corrected chi connectivity index (χ2v) is 4.97. The van der Waals surface area contributed by atoms with Gasteiger partial charge in [0.2, 0.25) is 0 Å². The van der Waals surface area contributed by atoms with Crippen molar-refractivity contribution in [2.45, 2.75) is 20.0 Å². The van der Waals surface area contributed by atoms with Gasteiger partial charge in [0.05, 0.1) is 6.26 Å². The maximum atomic E-state index is 11.6. The molecule has 0 aliphatic rings. The first-order valence-electron chi connectivity index (χ1n) is 7.59. The van der Waals surface area contributed by atoms with E-state index in [1.54, 1.807) is 6.26 Å². The van der Waals surface area contributed by atoms with Crippen LogP contribution in [0.15, 0.2) is 66.9 Å². The van der Waals surface area contributed by atoms with E-state index in [1.807, 2.05) is 67.6 Å². The molecule has 0 aromatic heterocycles. The van der Waals surface area contributed by atoms with Crippen molar-refractivity contribution in [1.29, 1.82) is 0 Å². The van der Waals surface area contributed by atoms with Gasteiger partial charge in [0.1, 0.15) is 12.4 Å². The Bertz CT molecular complexity index is 638. The van der Waals surface area contributed by atoms with Crippen LogP contribution in [0.5, 0.6) is 5.75 Å². The lowest BCUT2D eigenvalue weighted by molar-refractivity contribution is 0.140. The lowest BCUT2D eigenvalue weighted by atomic mass is 10.1. The van der Waals surface area contributed by atoms with Crippen molar-refractivity contribution in [3.05, 3.63) is 78.1 Å². The van der Waals surface area contributed by atoms with E-state index in [1.165, 1.54) is 0 Å². The number of carbonyl (C=O) groups excluding carboxylic acids is 1. The minimum atomic E-state index is -0.407. The van der Waals surface area contributed by atoms with Crippen molar-refractivity contribution in [2.75, 3.05) is 6.54 Å². The molecule has 0 unspecified atom stereocenters. The van der Waals surface area contributed by atoms with Crippen LogP contribution in [0.4, 0.5) is 4.79 Å². The number of ether oxygens (including phenoxy) is 2. The molecule has 0 saturated heterocycles. The number of nitrogens with one attached hydrogen (secondary N) is 1. The molecule has 0 heterocycles. The molecule has 4 heteroatoms. The van der Waals surface area contributed by atoms with Crippen LogP contribution < -0.4 is 10.1 Å². The summed E-state index contributed by atoms with van der Waals surface area (Å²) in [6, 6.07) is 17.4. The lowest BCUT2D eigenvalue weighted by Gasteiger charge is -2.08. The van der Waals surface area contributed by atoms with Crippen LogP contribution in [-0.2, 0) is 17.8 Å². The minimum absolute atomic E-state index is 0.277. The van der Waals surface area contributed by atoms with Gasteiger partial charge in [-0.25, -0.2) is 4.79 Å². The SMILES string of the molecule is CC=COc1cccc(CCNC(=O)OCc2ccccc2)c1. The van der Waals surface area contributed by atoms with Crippen LogP contribution in [0, 0.1) is 0 Å². The molecule has 23 heavy (non-hydrogen) atoms. The molecule has 4 nitrogen and oxygen atoms in total. The van der Waals surface area contributed by atoms with Gasteiger partial charge in [0.15, 0.2) is 0 Å². The Morgan fingerprint density at radius 1 is 1.09 bits per heavy atom. The van der Waals surface area contributed by atoms with Crippen LogP contribution >= 0.6 is 0 Å². The van der Waals surface area contributed by atoms with Crippen molar-refractivity contribution < 1.29 is 14.3 Å². The number of carbonyl (C=O) groups is 1. The molecule has 1 N–H and O–H groups in total. The van der Waals surface area contributed by atoms with Crippen molar-refractivity contribution >= 4 is 6.09 Å². The Kier molecular flexibility index (Phi) is 6.72. The highest BCUT2D eigenvalue weighted by Crippen LogP contribution is 2.13. The molecule has 0 bridgehead atoms. The van der Waals surface area contributed by atoms with Gasteiger partial charge in [-0.15, -0.1) is 0 Å². The van der Waals surface area contributed by atoms with Crippen LogP contribution in [0.25, 0.3) is 0 Å². The highest BCUT2D eigenvalue weighted by molar-refractivity contribution is 5.67. The quantitative estimate of drug-likeness (QED) is 0.784. The number of hydrogen-bond donors (Lipinski definition) is 1. The Balaban J connectivity index is 1.71. The van der Waals surface area contributed by atoms with Gasteiger partial charge >= 0.3 is 6.09 Å². The third kappa shape index (κ3) is 6.26. The molecule has 0 radical (unpaired) electrons. The molecule has 0 atom stereocenters. The molecule has 0 saturated carbocycles. The van der Waals surface area contributed by atoms with Gasteiger partial charge in [-0.2, -0.15) is 0 Å². The van der Waals surface area contributed by atoms with Gasteiger partial charge in [0.25, 0.3) is 0 Å². The predicted molar refractivity (Wildman–Crippen MR) is 90.2 cm³/mol. The van der Waals surface area contributed by atoms with E-state index in [4.69, 9.17) is 9.47 Å². The first kappa shape index (κ1) is 16.6. The third-order valence-corrected chi connectivity index (χ3v) is 3.13. The summed E-state index contributed by atoms with van der Waals surface area (Å²) in [4.78, 5) is 11.6. The summed E-state index contributed by atoms with van der Waals surface area (Å²) in [6.07, 6.45) is 3.78. The van der Waals surface area contributed by atoms with E-state index in [-0.39, 0.29) is 6.61 Å². The molecule has 0 aliphatic heterocycles. The summed E-state index contributed by atoms with van der Waals surface area (Å²) < 4.78 is 10.6. The number of allylic oxidation sites excluding steroid dienone is 1. The second-order valence-electron chi connectivity index (χ2n) is 4.97. The highest BCUT2D eigenvalue weighted by Gasteiger charge is 2.03. The monoisotopic (exact) mass is 311 g/mol. The fourth-order valence-electron chi connectivity index (χ4n) is 2.00. The van der Waals surface area contributed by atoms with Gasteiger partial charge in [-0.3, -0.25) is 0 Å².